The number of hydrogen-bond donors (Lipinski definition) is 0. The van der Waals surface area contributed by atoms with Gasteiger partial charge in [-0.1, -0.05) is 25.1 Å². The summed E-state index contributed by atoms with van der Waals surface area (Å²) in [7, 11) is 1.30. The van der Waals surface area contributed by atoms with Crippen LogP contribution in [0.15, 0.2) is 24.3 Å². The number of nitro benzene ring substituents is 1. The summed E-state index contributed by atoms with van der Waals surface area (Å²) < 4.78 is 4.58. The first-order valence-electron chi connectivity index (χ1n) is 4.86. The van der Waals surface area contributed by atoms with Crippen molar-refractivity contribution in [3.05, 3.63) is 39.9 Å². The van der Waals surface area contributed by atoms with Gasteiger partial charge in [-0.25, -0.2) is 0 Å². The molecule has 0 saturated heterocycles. The summed E-state index contributed by atoms with van der Waals surface area (Å²) in [4.78, 5) is 21.5. The van der Waals surface area contributed by atoms with Crippen molar-refractivity contribution in [2.75, 3.05) is 7.11 Å². The van der Waals surface area contributed by atoms with Crippen LogP contribution in [0.4, 0.5) is 5.69 Å². The number of rotatable bonds is 4. The molecule has 0 unspecified atom stereocenters. The summed E-state index contributed by atoms with van der Waals surface area (Å²) in [6.07, 6.45) is 0.309. The zero-order chi connectivity index (χ0) is 12.1. The third-order valence-corrected chi connectivity index (χ3v) is 2.32. The van der Waals surface area contributed by atoms with Crippen LogP contribution < -0.4 is 0 Å². The molecule has 0 spiro atoms. The minimum atomic E-state index is -0.445. The molecular weight excluding hydrogens is 210 g/mol. The zero-order valence-electron chi connectivity index (χ0n) is 9.17. The van der Waals surface area contributed by atoms with E-state index in [1.807, 2.05) is 0 Å². The second-order valence-corrected chi connectivity index (χ2v) is 3.51. The Hall–Kier alpha value is -1.91. The molecule has 0 bridgehead atoms. The molecule has 1 rings (SSSR count). The standard InChI is InChI=1S/C11H13NO4/c1-8(11(13)16-2)7-9-5-3-4-6-10(9)12(14)15/h3-6,8H,7H2,1-2H3/t8-/m0/s1. The number of esters is 1. The predicted octanol–water partition coefficient (Wildman–Crippen LogP) is 1.95. The smallest absolute Gasteiger partial charge is 0.308 e. The molecule has 1 aromatic rings. The van der Waals surface area contributed by atoms with E-state index in [1.165, 1.54) is 13.2 Å². The number of ether oxygens (including phenoxy) is 1. The fraction of sp³-hybridized carbons (Fsp3) is 0.364. The summed E-state index contributed by atoms with van der Waals surface area (Å²) in [6.45, 7) is 1.68. The van der Waals surface area contributed by atoms with Gasteiger partial charge < -0.3 is 4.74 Å². The van der Waals surface area contributed by atoms with E-state index < -0.39 is 4.92 Å². The molecule has 0 N–H and O–H groups in total. The van der Waals surface area contributed by atoms with Crippen molar-refractivity contribution in [3.8, 4) is 0 Å². The monoisotopic (exact) mass is 223 g/mol. The van der Waals surface area contributed by atoms with Crippen LogP contribution >= 0.6 is 0 Å². The van der Waals surface area contributed by atoms with E-state index in [0.717, 1.165) is 0 Å². The van der Waals surface area contributed by atoms with Crippen molar-refractivity contribution in [1.29, 1.82) is 0 Å². The lowest BCUT2D eigenvalue weighted by Crippen LogP contribution is -2.15. The summed E-state index contributed by atoms with van der Waals surface area (Å²) in [5.41, 5.74) is 0.587. The van der Waals surface area contributed by atoms with Gasteiger partial charge in [0.05, 0.1) is 18.0 Å². The average Bonchev–Trinajstić information content (AvgIpc) is 2.28. The van der Waals surface area contributed by atoms with Crippen LogP contribution in [0.3, 0.4) is 0 Å². The van der Waals surface area contributed by atoms with Gasteiger partial charge >= 0.3 is 5.97 Å². The highest BCUT2D eigenvalue weighted by atomic mass is 16.6. The third-order valence-electron chi connectivity index (χ3n) is 2.32. The summed E-state index contributed by atoms with van der Waals surface area (Å²) >= 11 is 0. The maximum atomic E-state index is 11.2. The molecule has 0 fully saturated rings. The molecule has 0 heterocycles. The second-order valence-electron chi connectivity index (χ2n) is 3.51. The molecule has 0 amide bonds. The molecule has 86 valence electrons. The summed E-state index contributed by atoms with van der Waals surface area (Å²) in [5.74, 6) is -0.746. The van der Waals surface area contributed by atoms with Crippen molar-refractivity contribution < 1.29 is 14.5 Å². The molecule has 0 aliphatic carbocycles. The number of benzene rings is 1. The van der Waals surface area contributed by atoms with Crippen molar-refractivity contribution in [1.82, 2.24) is 0 Å². The lowest BCUT2D eigenvalue weighted by Gasteiger charge is -2.08. The number of methoxy groups -OCH3 is 1. The van der Waals surface area contributed by atoms with Gasteiger partial charge in [0, 0.05) is 11.6 Å². The van der Waals surface area contributed by atoms with Gasteiger partial charge in [0.15, 0.2) is 0 Å². The summed E-state index contributed by atoms with van der Waals surface area (Å²) in [5, 5.41) is 10.7. The Labute approximate surface area is 93.2 Å². The molecule has 0 saturated carbocycles. The predicted molar refractivity (Wildman–Crippen MR) is 58.0 cm³/mol. The topological polar surface area (TPSA) is 69.4 Å². The fourth-order valence-corrected chi connectivity index (χ4v) is 1.48. The Kier molecular flexibility index (Phi) is 3.99. The SMILES string of the molecule is COC(=O)[C@@H](C)Cc1ccccc1[N+](=O)[O-]. The first-order chi connectivity index (χ1) is 7.56. The van der Waals surface area contributed by atoms with E-state index >= 15 is 0 Å². The Morgan fingerprint density at radius 2 is 2.12 bits per heavy atom. The molecule has 0 radical (unpaired) electrons. The van der Waals surface area contributed by atoms with Crippen LogP contribution in [-0.2, 0) is 16.0 Å². The maximum Gasteiger partial charge on any atom is 0.308 e. The maximum absolute atomic E-state index is 11.2. The molecule has 5 heteroatoms. The largest absolute Gasteiger partial charge is 0.469 e. The van der Waals surface area contributed by atoms with Crippen LogP contribution in [0.1, 0.15) is 12.5 Å². The number of carbonyl (C=O) groups excluding carboxylic acids is 1. The van der Waals surface area contributed by atoms with E-state index in [2.05, 4.69) is 4.74 Å². The molecule has 1 aromatic carbocycles. The number of nitrogens with zero attached hydrogens (tertiary/aromatic N) is 1. The number of carbonyl (C=O) groups is 1. The average molecular weight is 223 g/mol. The fourth-order valence-electron chi connectivity index (χ4n) is 1.48. The van der Waals surface area contributed by atoms with Crippen LogP contribution in [0.2, 0.25) is 0 Å². The van der Waals surface area contributed by atoms with Gasteiger partial charge in [0.2, 0.25) is 0 Å². The van der Waals surface area contributed by atoms with E-state index in [9.17, 15) is 14.9 Å². The van der Waals surface area contributed by atoms with E-state index in [1.54, 1.807) is 25.1 Å². The van der Waals surface area contributed by atoms with Gasteiger partial charge in [0.25, 0.3) is 5.69 Å². The van der Waals surface area contributed by atoms with Crippen LogP contribution in [0, 0.1) is 16.0 Å². The van der Waals surface area contributed by atoms with Gasteiger partial charge in [0.1, 0.15) is 0 Å². The molecule has 0 aromatic heterocycles. The highest BCUT2D eigenvalue weighted by molar-refractivity contribution is 5.72. The Balaban J connectivity index is 2.88. The Morgan fingerprint density at radius 3 is 2.69 bits per heavy atom. The number of para-hydroxylation sites is 1. The highest BCUT2D eigenvalue weighted by Crippen LogP contribution is 2.21. The number of hydrogen-bond acceptors (Lipinski definition) is 4. The second kappa shape index (κ2) is 5.25. The van der Waals surface area contributed by atoms with Gasteiger partial charge in [-0.2, -0.15) is 0 Å². The Morgan fingerprint density at radius 1 is 1.50 bits per heavy atom. The molecule has 1 atom stereocenters. The quantitative estimate of drug-likeness (QED) is 0.444. The first-order valence-corrected chi connectivity index (χ1v) is 4.86. The molecule has 0 aliphatic rings. The van der Waals surface area contributed by atoms with Gasteiger partial charge in [-0.15, -0.1) is 0 Å². The molecule has 5 nitrogen and oxygen atoms in total. The van der Waals surface area contributed by atoms with Crippen molar-refractivity contribution >= 4 is 11.7 Å². The van der Waals surface area contributed by atoms with Crippen LogP contribution in [0.25, 0.3) is 0 Å². The molecule has 0 aliphatic heterocycles. The number of nitro groups is 1. The third kappa shape index (κ3) is 2.79. The lowest BCUT2D eigenvalue weighted by atomic mass is 10.00. The first kappa shape index (κ1) is 12.2. The van der Waals surface area contributed by atoms with Crippen molar-refractivity contribution in [3.63, 3.8) is 0 Å². The van der Waals surface area contributed by atoms with Crippen molar-refractivity contribution in [2.45, 2.75) is 13.3 Å². The minimum absolute atomic E-state index is 0.0400. The highest BCUT2D eigenvalue weighted by Gasteiger charge is 2.19. The lowest BCUT2D eigenvalue weighted by molar-refractivity contribution is -0.385. The molecular formula is C11H13NO4. The Bertz CT molecular complexity index is 403. The normalized spacial score (nSPS) is 11.9. The van der Waals surface area contributed by atoms with Crippen LogP contribution in [-0.4, -0.2) is 18.0 Å². The van der Waals surface area contributed by atoms with E-state index in [0.29, 0.717) is 12.0 Å². The zero-order valence-corrected chi connectivity index (χ0v) is 9.17. The summed E-state index contributed by atoms with van der Waals surface area (Å²) in [6, 6.07) is 6.40. The molecule has 16 heavy (non-hydrogen) atoms. The van der Waals surface area contributed by atoms with Gasteiger partial charge in [-0.05, 0) is 6.42 Å². The minimum Gasteiger partial charge on any atom is -0.469 e. The van der Waals surface area contributed by atoms with Crippen molar-refractivity contribution in [2.24, 2.45) is 5.92 Å². The van der Waals surface area contributed by atoms with Crippen LogP contribution in [0.5, 0.6) is 0 Å². The van der Waals surface area contributed by atoms with E-state index in [4.69, 9.17) is 0 Å². The van der Waals surface area contributed by atoms with E-state index in [-0.39, 0.29) is 17.6 Å². The van der Waals surface area contributed by atoms with Gasteiger partial charge in [-0.3, -0.25) is 14.9 Å².